The number of rotatable bonds is 1. The van der Waals surface area contributed by atoms with Crippen molar-refractivity contribution in [2.45, 2.75) is 77.7 Å². The number of carbonyl (C=O) groups is 2. The highest BCUT2D eigenvalue weighted by molar-refractivity contribution is 5.79. The quantitative estimate of drug-likeness (QED) is 0.642. The Labute approximate surface area is 151 Å². The Bertz CT molecular complexity index is 572. The number of carbonyl (C=O) groups excluding carboxylic acids is 2. The highest BCUT2D eigenvalue weighted by atomic mass is 16.7. The average Bonchev–Trinajstić information content (AvgIpc) is 2.92. The molecule has 25 heavy (non-hydrogen) atoms. The molecule has 4 heteroatoms. The highest BCUT2D eigenvalue weighted by Gasteiger charge is 2.61. The van der Waals surface area contributed by atoms with Crippen molar-refractivity contribution in [2.75, 3.05) is 7.11 Å². The fourth-order valence-electron chi connectivity index (χ4n) is 7.36. The molecule has 0 aromatic heterocycles. The molecule has 0 heterocycles. The largest absolute Gasteiger partial charge is 0.508 e. The zero-order chi connectivity index (χ0) is 17.8. The molecule has 4 fully saturated rings. The van der Waals surface area contributed by atoms with Crippen molar-refractivity contribution >= 4 is 11.9 Å². The second kappa shape index (κ2) is 5.99. The van der Waals surface area contributed by atoms with Crippen LogP contribution in [0.3, 0.4) is 0 Å². The second-order valence-electron chi connectivity index (χ2n) is 9.58. The van der Waals surface area contributed by atoms with Crippen LogP contribution in [0, 0.1) is 34.5 Å². The summed E-state index contributed by atoms with van der Waals surface area (Å²) in [5, 5.41) is 0. The number of Topliss-reactive ketones (excluding diaryl/α,β-unsaturated/α-hetero) is 1. The monoisotopic (exact) mass is 348 g/mol. The summed E-state index contributed by atoms with van der Waals surface area (Å²) >= 11 is 0. The minimum Gasteiger partial charge on any atom is -0.438 e. The second-order valence-corrected chi connectivity index (χ2v) is 9.58. The lowest BCUT2D eigenvalue weighted by molar-refractivity contribution is -0.142. The van der Waals surface area contributed by atoms with Crippen molar-refractivity contribution < 1.29 is 19.1 Å². The van der Waals surface area contributed by atoms with E-state index in [2.05, 4.69) is 13.8 Å². The Morgan fingerprint density at radius 1 is 1.00 bits per heavy atom. The van der Waals surface area contributed by atoms with Crippen LogP contribution in [0.2, 0.25) is 0 Å². The number of hydrogen-bond acceptors (Lipinski definition) is 4. The molecule has 4 aliphatic carbocycles. The molecule has 0 amide bonds. The fraction of sp³-hybridized carbons (Fsp3) is 0.905. The highest BCUT2D eigenvalue weighted by Crippen LogP contribution is 2.66. The molecule has 0 saturated heterocycles. The maximum absolute atomic E-state index is 12.0. The van der Waals surface area contributed by atoms with Gasteiger partial charge in [-0.15, -0.1) is 0 Å². The van der Waals surface area contributed by atoms with Crippen LogP contribution >= 0.6 is 0 Å². The van der Waals surface area contributed by atoms with Crippen molar-refractivity contribution in [1.29, 1.82) is 0 Å². The van der Waals surface area contributed by atoms with E-state index in [9.17, 15) is 9.59 Å². The van der Waals surface area contributed by atoms with Crippen LogP contribution in [0.1, 0.15) is 71.6 Å². The van der Waals surface area contributed by atoms with Gasteiger partial charge < -0.3 is 9.47 Å². The summed E-state index contributed by atoms with van der Waals surface area (Å²) in [6.07, 6.45) is 9.11. The van der Waals surface area contributed by atoms with Gasteiger partial charge in [-0.25, -0.2) is 4.79 Å². The lowest BCUT2D eigenvalue weighted by atomic mass is 9.45. The van der Waals surface area contributed by atoms with Crippen molar-refractivity contribution in [3.63, 3.8) is 0 Å². The first-order valence-electron chi connectivity index (χ1n) is 10.1. The van der Waals surface area contributed by atoms with Crippen LogP contribution in [0.4, 0.5) is 4.79 Å². The third kappa shape index (κ3) is 2.54. The summed E-state index contributed by atoms with van der Waals surface area (Å²) in [7, 11) is 1.39. The molecule has 4 rings (SSSR count). The molecule has 0 radical (unpaired) electrons. The number of ketones is 1. The van der Waals surface area contributed by atoms with Gasteiger partial charge in [-0.3, -0.25) is 4.79 Å². The summed E-state index contributed by atoms with van der Waals surface area (Å²) in [4.78, 5) is 23.6. The smallest absolute Gasteiger partial charge is 0.438 e. The summed E-state index contributed by atoms with van der Waals surface area (Å²) in [5.74, 6) is 3.21. The van der Waals surface area contributed by atoms with Crippen molar-refractivity contribution in [3.05, 3.63) is 0 Å². The first kappa shape index (κ1) is 17.4. The van der Waals surface area contributed by atoms with E-state index in [1.807, 2.05) is 0 Å². The van der Waals surface area contributed by atoms with Gasteiger partial charge in [0.2, 0.25) is 0 Å². The molecule has 0 bridgehead atoms. The zero-order valence-corrected chi connectivity index (χ0v) is 15.9. The molecule has 0 spiro atoms. The van der Waals surface area contributed by atoms with E-state index in [1.54, 1.807) is 0 Å². The first-order valence-corrected chi connectivity index (χ1v) is 10.1. The molecule has 4 saturated carbocycles. The lowest BCUT2D eigenvalue weighted by Crippen LogP contribution is -2.54. The lowest BCUT2D eigenvalue weighted by Gasteiger charge is -2.60. The van der Waals surface area contributed by atoms with E-state index in [1.165, 1.54) is 32.8 Å². The first-order chi connectivity index (χ1) is 11.9. The Morgan fingerprint density at radius 3 is 2.52 bits per heavy atom. The molecule has 140 valence electrons. The van der Waals surface area contributed by atoms with Gasteiger partial charge in [-0.2, -0.15) is 0 Å². The molecular formula is C21H32O4. The third-order valence-electron chi connectivity index (χ3n) is 8.80. The van der Waals surface area contributed by atoms with Crippen LogP contribution in [-0.2, 0) is 14.3 Å². The Hall–Kier alpha value is -1.06. The molecular weight excluding hydrogens is 316 g/mol. The van der Waals surface area contributed by atoms with Gasteiger partial charge in [-0.1, -0.05) is 13.8 Å². The minimum atomic E-state index is -0.532. The van der Waals surface area contributed by atoms with Crippen molar-refractivity contribution in [3.8, 4) is 0 Å². The van der Waals surface area contributed by atoms with Crippen LogP contribution in [-0.4, -0.2) is 25.2 Å². The number of methoxy groups -OCH3 is 1. The average molecular weight is 348 g/mol. The van der Waals surface area contributed by atoms with E-state index >= 15 is 0 Å². The van der Waals surface area contributed by atoms with Crippen LogP contribution in [0.15, 0.2) is 0 Å². The number of ether oxygens (including phenoxy) is 2. The SMILES string of the molecule is COC(=O)OC1CC[C@H]2[C@@H]3CCC4CC(=O)CC[C@]4(C)[C@@H]3CC[C@]12C. The molecule has 4 nitrogen and oxygen atoms in total. The maximum atomic E-state index is 12.0. The van der Waals surface area contributed by atoms with Crippen molar-refractivity contribution in [1.82, 2.24) is 0 Å². The summed E-state index contributed by atoms with van der Waals surface area (Å²) in [6, 6.07) is 0. The van der Waals surface area contributed by atoms with Crippen LogP contribution in [0.5, 0.6) is 0 Å². The Morgan fingerprint density at radius 2 is 1.76 bits per heavy atom. The van der Waals surface area contributed by atoms with Gasteiger partial charge in [0.1, 0.15) is 11.9 Å². The Balaban J connectivity index is 1.56. The van der Waals surface area contributed by atoms with E-state index in [-0.39, 0.29) is 11.5 Å². The van der Waals surface area contributed by atoms with Crippen molar-refractivity contribution in [2.24, 2.45) is 34.5 Å². The van der Waals surface area contributed by atoms with Crippen LogP contribution in [0.25, 0.3) is 0 Å². The van der Waals surface area contributed by atoms with Gasteiger partial charge in [0.05, 0.1) is 7.11 Å². The predicted octanol–water partition coefficient (Wildman–Crippen LogP) is 4.75. The number of fused-ring (bicyclic) bond motifs is 5. The van der Waals surface area contributed by atoms with E-state index in [0.717, 1.165) is 43.9 Å². The summed E-state index contributed by atoms with van der Waals surface area (Å²) in [5.41, 5.74) is 0.447. The zero-order valence-electron chi connectivity index (χ0n) is 15.9. The van der Waals surface area contributed by atoms with E-state index in [4.69, 9.17) is 9.47 Å². The maximum Gasteiger partial charge on any atom is 0.508 e. The standard InChI is InChI=1S/C21H32O4/c1-20-10-8-14(22)12-13(20)4-5-15-16-6-7-18(25-19(23)24-3)21(16,2)11-9-17(15)20/h13,15-18H,4-12H2,1-3H3/t13?,15-,16-,17+,18?,20-,21-/m0/s1. The molecule has 7 atom stereocenters. The minimum absolute atomic E-state index is 0.00404. The third-order valence-corrected chi connectivity index (χ3v) is 8.80. The molecule has 4 aliphatic rings. The van der Waals surface area contributed by atoms with Gasteiger partial charge in [-0.05, 0) is 74.0 Å². The molecule has 0 aromatic carbocycles. The van der Waals surface area contributed by atoms with Gasteiger partial charge in [0.25, 0.3) is 0 Å². The Kier molecular flexibility index (Phi) is 4.16. The number of hydrogen-bond donors (Lipinski definition) is 0. The molecule has 0 aromatic rings. The summed E-state index contributed by atoms with van der Waals surface area (Å²) < 4.78 is 10.4. The van der Waals surface area contributed by atoms with Gasteiger partial charge in [0, 0.05) is 18.3 Å². The van der Waals surface area contributed by atoms with E-state index < -0.39 is 6.16 Å². The summed E-state index contributed by atoms with van der Waals surface area (Å²) in [6.45, 7) is 4.81. The topological polar surface area (TPSA) is 52.6 Å². The normalized spacial score (nSPS) is 48.9. The fourth-order valence-corrected chi connectivity index (χ4v) is 7.36. The molecule has 2 unspecified atom stereocenters. The molecule has 0 N–H and O–H groups in total. The predicted molar refractivity (Wildman–Crippen MR) is 94.0 cm³/mol. The van der Waals surface area contributed by atoms with Gasteiger partial charge >= 0.3 is 6.16 Å². The van der Waals surface area contributed by atoms with Gasteiger partial charge in [0.15, 0.2) is 0 Å². The molecule has 0 aliphatic heterocycles. The van der Waals surface area contributed by atoms with Crippen LogP contribution < -0.4 is 0 Å². The van der Waals surface area contributed by atoms with E-state index in [0.29, 0.717) is 23.0 Å².